The lowest BCUT2D eigenvalue weighted by Gasteiger charge is -2.21. The molecule has 144 valence electrons. The maximum Gasteiger partial charge on any atom is 0.234 e. The maximum absolute atomic E-state index is 12.4. The first-order chi connectivity index (χ1) is 13.1. The van der Waals surface area contributed by atoms with E-state index in [1.807, 2.05) is 6.07 Å². The van der Waals surface area contributed by atoms with Crippen molar-refractivity contribution in [2.24, 2.45) is 5.92 Å². The second-order valence-electron chi connectivity index (χ2n) is 7.53. The van der Waals surface area contributed by atoms with Crippen molar-refractivity contribution in [2.45, 2.75) is 26.8 Å². The molecule has 0 saturated carbocycles. The molecule has 1 aliphatic heterocycles. The largest absolute Gasteiger partial charge is 0.371 e. The maximum atomic E-state index is 12.4. The van der Waals surface area contributed by atoms with Gasteiger partial charge in [0, 0.05) is 31.9 Å². The Morgan fingerprint density at radius 3 is 2.74 bits per heavy atom. The third-order valence-corrected chi connectivity index (χ3v) is 5.30. The van der Waals surface area contributed by atoms with Crippen LogP contribution in [0.25, 0.3) is 0 Å². The molecule has 2 aromatic rings. The monoisotopic (exact) mass is 365 g/mol. The van der Waals surface area contributed by atoms with Crippen molar-refractivity contribution in [1.82, 2.24) is 10.2 Å². The Balaban J connectivity index is 1.42. The fourth-order valence-corrected chi connectivity index (χ4v) is 3.74. The Labute approximate surface area is 163 Å². The number of para-hydroxylation sites is 1. The smallest absolute Gasteiger partial charge is 0.234 e. The number of nitrogens with one attached hydrogen (secondary N) is 1. The van der Waals surface area contributed by atoms with Gasteiger partial charge in [-0.25, -0.2) is 0 Å². The van der Waals surface area contributed by atoms with E-state index in [1.54, 1.807) is 0 Å². The van der Waals surface area contributed by atoms with E-state index in [4.69, 9.17) is 0 Å². The van der Waals surface area contributed by atoms with E-state index < -0.39 is 0 Å². The van der Waals surface area contributed by atoms with Crippen molar-refractivity contribution in [2.75, 3.05) is 37.6 Å². The van der Waals surface area contributed by atoms with E-state index in [0.29, 0.717) is 12.5 Å². The third-order valence-electron chi connectivity index (χ3n) is 5.30. The topological polar surface area (TPSA) is 35.6 Å². The zero-order valence-corrected chi connectivity index (χ0v) is 16.5. The number of benzene rings is 2. The van der Waals surface area contributed by atoms with Gasteiger partial charge in [0.15, 0.2) is 0 Å². The van der Waals surface area contributed by atoms with E-state index in [2.05, 4.69) is 77.5 Å². The standard InChI is InChI=1S/C23H31N3O/c1-3-25(16-20-9-7-8-19(2)14-20)18-23(27)24-15-21-12-13-26(17-21)22-10-5-4-6-11-22/h4-11,14,21H,3,12-13,15-18H2,1-2H3,(H,24,27). The van der Waals surface area contributed by atoms with Gasteiger partial charge in [-0.15, -0.1) is 0 Å². The number of rotatable bonds is 8. The molecule has 0 spiro atoms. The molecule has 4 nitrogen and oxygen atoms in total. The average Bonchev–Trinajstić information content (AvgIpc) is 3.16. The van der Waals surface area contributed by atoms with Gasteiger partial charge in [-0.3, -0.25) is 9.69 Å². The van der Waals surface area contributed by atoms with Crippen molar-refractivity contribution in [1.29, 1.82) is 0 Å². The molecule has 1 saturated heterocycles. The fourth-order valence-electron chi connectivity index (χ4n) is 3.74. The van der Waals surface area contributed by atoms with Crippen LogP contribution in [0.1, 0.15) is 24.5 Å². The molecule has 0 aliphatic carbocycles. The summed E-state index contributed by atoms with van der Waals surface area (Å²) in [6.45, 7) is 9.21. The molecular formula is C23H31N3O. The number of nitrogens with zero attached hydrogens (tertiary/aromatic N) is 2. The molecule has 1 unspecified atom stereocenters. The molecule has 27 heavy (non-hydrogen) atoms. The Hall–Kier alpha value is -2.33. The average molecular weight is 366 g/mol. The Kier molecular flexibility index (Phi) is 6.88. The minimum Gasteiger partial charge on any atom is -0.371 e. The van der Waals surface area contributed by atoms with Gasteiger partial charge in [0.25, 0.3) is 0 Å². The van der Waals surface area contributed by atoms with Gasteiger partial charge in [0.05, 0.1) is 6.54 Å². The van der Waals surface area contributed by atoms with E-state index in [9.17, 15) is 4.79 Å². The van der Waals surface area contributed by atoms with Crippen LogP contribution < -0.4 is 10.2 Å². The summed E-state index contributed by atoms with van der Waals surface area (Å²) in [5.74, 6) is 0.656. The molecule has 1 amide bonds. The molecule has 1 fully saturated rings. The van der Waals surface area contributed by atoms with Crippen LogP contribution in [0.5, 0.6) is 0 Å². The lowest BCUT2D eigenvalue weighted by atomic mass is 10.1. The zero-order chi connectivity index (χ0) is 19.1. The van der Waals surface area contributed by atoms with Gasteiger partial charge in [0.1, 0.15) is 0 Å². The van der Waals surface area contributed by atoms with Gasteiger partial charge >= 0.3 is 0 Å². The molecule has 1 atom stereocenters. The number of carbonyl (C=O) groups is 1. The normalized spacial score (nSPS) is 16.7. The molecule has 2 aromatic carbocycles. The SMILES string of the molecule is CCN(CC(=O)NCC1CCN(c2ccccc2)C1)Cc1cccc(C)c1. The summed E-state index contributed by atoms with van der Waals surface area (Å²) in [5, 5.41) is 3.15. The first kappa shape index (κ1) is 19.4. The van der Waals surface area contributed by atoms with Gasteiger partial charge in [-0.2, -0.15) is 0 Å². The summed E-state index contributed by atoms with van der Waals surface area (Å²) in [5.41, 5.74) is 3.80. The van der Waals surface area contributed by atoms with Crippen LogP contribution in [0.4, 0.5) is 5.69 Å². The molecule has 0 bridgehead atoms. The van der Waals surface area contributed by atoms with Gasteiger partial charge in [0.2, 0.25) is 5.91 Å². The molecular weight excluding hydrogens is 334 g/mol. The number of hydrogen-bond acceptors (Lipinski definition) is 3. The summed E-state index contributed by atoms with van der Waals surface area (Å²) in [6, 6.07) is 19.0. The number of likely N-dealkylation sites (N-methyl/N-ethyl adjacent to an activating group) is 1. The Morgan fingerprint density at radius 1 is 1.19 bits per heavy atom. The second kappa shape index (κ2) is 9.56. The molecule has 0 radical (unpaired) electrons. The summed E-state index contributed by atoms with van der Waals surface area (Å²) < 4.78 is 0. The first-order valence-electron chi connectivity index (χ1n) is 9.98. The van der Waals surface area contributed by atoms with Crippen molar-refractivity contribution < 1.29 is 4.79 Å². The highest BCUT2D eigenvalue weighted by Crippen LogP contribution is 2.22. The third kappa shape index (κ3) is 5.83. The minimum atomic E-state index is 0.127. The van der Waals surface area contributed by atoms with Crippen LogP contribution in [0.15, 0.2) is 54.6 Å². The van der Waals surface area contributed by atoms with Crippen molar-refractivity contribution in [3.63, 3.8) is 0 Å². The van der Waals surface area contributed by atoms with E-state index >= 15 is 0 Å². The van der Waals surface area contributed by atoms with Crippen LogP contribution in [0.2, 0.25) is 0 Å². The Morgan fingerprint density at radius 2 is 2.00 bits per heavy atom. The van der Waals surface area contributed by atoms with Crippen LogP contribution >= 0.6 is 0 Å². The first-order valence-corrected chi connectivity index (χ1v) is 9.98. The highest BCUT2D eigenvalue weighted by molar-refractivity contribution is 5.78. The number of amides is 1. The predicted molar refractivity (Wildman–Crippen MR) is 112 cm³/mol. The van der Waals surface area contributed by atoms with Gasteiger partial charge in [-0.05, 0) is 43.5 Å². The molecule has 0 aromatic heterocycles. The molecule has 4 heteroatoms. The highest BCUT2D eigenvalue weighted by Gasteiger charge is 2.23. The second-order valence-corrected chi connectivity index (χ2v) is 7.53. The van der Waals surface area contributed by atoms with Gasteiger partial charge in [-0.1, -0.05) is 55.0 Å². The van der Waals surface area contributed by atoms with Crippen molar-refractivity contribution in [3.8, 4) is 0 Å². The zero-order valence-electron chi connectivity index (χ0n) is 16.5. The molecule has 1 N–H and O–H groups in total. The summed E-state index contributed by atoms with van der Waals surface area (Å²) in [6.07, 6.45) is 1.13. The van der Waals surface area contributed by atoms with Crippen LogP contribution in [-0.2, 0) is 11.3 Å². The minimum absolute atomic E-state index is 0.127. The number of carbonyl (C=O) groups excluding carboxylic acids is 1. The van der Waals surface area contributed by atoms with Crippen LogP contribution in [0.3, 0.4) is 0 Å². The number of anilines is 1. The fraction of sp³-hybridized carbons (Fsp3) is 0.435. The number of hydrogen-bond donors (Lipinski definition) is 1. The predicted octanol–water partition coefficient (Wildman–Crippen LogP) is 3.46. The molecule has 1 heterocycles. The van der Waals surface area contributed by atoms with E-state index in [0.717, 1.165) is 39.1 Å². The van der Waals surface area contributed by atoms with Crippen molar-refractivity contribution >= 4 is 11.6 Å². The van der Waals surface area contributed by atoms with Crippen molar-refractivity contribution in [3.05, 3.63) is 65.7 Å². The number of aryl methyl sites for hydroxylation is 1. The molecule has 3 rings (SSSR count). The summed E-state index contributed by atoms with van der Waals surface area (Å²) in [4.78, 5) is 17.0. The Bertz CT molecular complexity index is 731. The summed E-state index contributed by atoms with van der Waals surface area (Å²) >= 11 is 0. The van der Waals surface area contributed by atoms with Gasteiger partial charge < -0.3 is 10.2 Å². The molecule has 1 aliphatic rings. The van der Waals surface area contributed by atoms with E-state index in [-0.39, 0.29) is 5.91 Å². The van der Waals surface area contributed by atoms with E-state index in [1.165, 1.54) is 16.8 Å². The summed E-state index contributed by atoms with van der Waals surface area (Å²) in [7, 11) is 0. The lowest BCUT2D eigenvalue weighted by Crippen LogP contribution is -2.39. The lowest BCUT2D eigenvalue weighted by molar-refractivity contribution is -0.122. The van der Waals surface area contributed by atoms with Crippen LogP contribution in [0, 0.1) is 12.8 Å². The highest BCUT2D eigenvalue weighted by atomic mass is 16.2. The quantitative estimate of drug-likeness (QED) is 0.778. The van der Waals surface area contributed by atoms with Crippen LogP contribution in [-0.4, -0.2) is 43.5 Å².